The number of rotatable bonds is 1. The van der Waals surface area contributed by atoms with E-state index in [-0.39, 0.29) is 73.7 Å². The van der Waals surface area contributed by atoms with Gasteiger partial charge in [-0.2, -0.15) is 0 Å². The molecule has 2 saturated carbocycles. The largest absolute Gasteiger partial charge is 2.00 e. The van der Waals surface area contributed by atoms with Crippen LogP contribution in [-0.4, -0.2) is 92.6 Å². The van der Waals surface area contributed by atoms with Gasteiger partial charge in [0.05, 0.1) is 0 Å². The molecule has 76 heavy (non-hydrogen) atoms. The van der Waals surface area contributed by atoms with Gasteiger partial charge in [0.25, 0.3) is 0 Å². The zero-order valence-corrected chi connectivity index (χ0v) is 61.3. The molecule has 4 aliphatic rings. The minimum Gasteiger partial charge on any atom is -1.00 e. The Labute approximate surface area is 521 Å². The monoisotopic (exact) mass is 1130 g/mol. The molecule has 0 bridgehead atoms. The van der Waals surface area contributed by atoms with Gasteiger partial charge in [-0.15, -0.1) is 0 Å². The van der Waals surface area contributed by atoms with Crippen molar-refractivity contribution in [3.8, 4) is 0 Å². The fraction of sp³-hybridized carbons (Fsp3) is 0.828. The average Bonchev–Trinajstić information content (AvgIpc) is 3.41. The standard InChI is InChI=1S/C8H16.2C8H14.C7H12O.2C4H8.C3H6O.C3H8.C2H4O.8C2H6.CH5BO2.2Mg.4H2O.4H/c3*1-7-3-5-8(2)6-4-7;1-6-2-4-7(8)5-3-6;2*1-3-4-2;1-2-3-4;1-3-2;1-2-3;8*1-2;1-2(3)4;;;;;;;;;;/h7-8H,3-6H2,1-2H3;2*3,8H,4-6H2,1-2H3;6H,2-5H2,1H3;2*3-4H,1-2H3;3H,2H2,1H3;3H2,1-2H3;2H,1H3;8*1-2H3;3-4H,1H3;;;4*1H2;;;;/q;;;;;;;;;;;;;;;;;;2*+2;;;;;4*-1. The van der Waals surface area contributed by atoms with Crippen molar-refractivity contribution in [3.63, 3.8) is 0 Å². The minimum atomic E-state index is -1.17. The van der Waals surface area contributed by atoms with Gasteiger partial charge in [0, 0.05) is 19.3 Å². The third-order valence-corrected chi connectivity index (χ3v) is 8.77. The van der Waals surface area contributed by atoms with Crippen LogP contribution in [0.2, 0.25) is 6.82 Å². The van der Waals surface area contributed by atoms with Crippen LogP contribution in [0.1, 0.15) is 323 Å². The zero-order valence-electron chi connectivity index (χ0n) is 62.5. The Bertz CT molecular complexity index is 865. The molecule has 0 aromatic rings. The van der Waals surface area contributed by atoms with Crippen LogP contribution in [0.4, 0.5) is 0 Å². The van der Waals surface area contributed by atoms with E-state index in [2.05, 4.69) is 74.5 Å². The Kier molecular flexibility index (Phi) is 282. The van der Waals surface area contributed by atoms with Gasteiger partial charge in [-0.25, -0.2) is 0 Å². The molecule has 4 aliphatic carbocycles. The fourth-order valence-corrected chi connectivity index (χ4v) is 4.70. The van der Waals surface area contributed by atoms with Gasteiger partial charge < -0.3 is 47.2 Å². The van der Waals surface area contributed by atoms with Crippen LogP contribution >= 0.6 is 0 Å². The number of carbonyl (C=O) groups is 3. The third kappa shape index (κ3) is 214. The van der Waals surface area contributed by atoms with Gasteiger partial charge in [-0.1, -0.05) is 246 Å². The molecule has 0 saturated heterocycles. The number of ketones is 1. The Morgan fingerprint density at radius 2 is 0.632 bits per heavy atom. The average molecular weight is 1130 g/mol. The first-order valence-corrected chi connectivity index (χ1v) is 29.6. The van der Waals surface area contributed by atoms with Crippen molar-refractivity contribution in [2.24, 2.45) is 29.6 Å². The van der Waals surface area contributed by atoms with Crippen LogP contribution in [0.25, 0.3) is 0 Å². The predicted molar refractivity (Wildman–Crippen MR) is 364 cm³/mol. The van der Waals surface area contributed by atoms with Gasteiger partial charge in [0.1, 0.15) is 18.4 Å². The molecule has 0 amide bonds. The summed E-state index contributed by atoms with van der Waals surface area (Å²) in [5.41, 5.74) is 3.17. The molecule has 0 heterocycles. The van der Waals surface area contributed by atoms with Crippen LogP contribution in [0.15, 0.2) is 47.6 Å². The van der Waals surface area contributed by atoms with E-state index < -0.39 is 7.12 Å². The van der Waals surface area contributed by atoms with Gasteiger partial charge in [-0.05, 0) is 136 Å². The number of carbonyl (C=O) groups excluding carboxylic acids is 3. The summed E-state index contributed by atoms with van der Waals surface area (Å²) < 4.78 is 0. The van der Waals surface area contributed by atoms with Crippen molar-refractivity contribution in [1.29, 1.82) is 0 Å². The molecular formula is C64H155BMg2O9. The van der Waals surface area contributed by atoms with Crippen LogP contribution in [0.5, 0.6) is 0 Å². The maximum Gasteiger partial charge on any atom is 2.00 e. The SMILES string of the molecule is CB(O)O.CC.CC.CC.CC.CC.CC.CC.CC.CC1=CCC(C)CC1.CC1=CCC(C)CC1.CC1CCC(=O)CC1.CC1CCC(C)CC1.CC=CC.CC=CC.CC=O.CCC.CCC=O.[H-].[H-].[H-].[H-].[Mg+2].[Mg+2].[OH-].[OH-].[OH3+].[OH3+]. The first-order valence-electron chi connectivity index (χ1n) is 29.6. The second kappa shape index (κ2) is 158. The van der Waals surface area contributed by atoms with Crippen molar-refractivity contribution in [2.75, 3.05) is 0 Å². The van der Waals surface area contributed by atoms with E-state index in [1.54, 1.807) is 11.1 Å². The van der Waals surface area contributed by atoms with E-state index in [0.29, 0.717) is 12.2 Å². The molecule has 0 radical (unpaired) electrons. The van der Waals surface area contributed by atoms with Crippen molar-refractivity contribution in [2.45, 2.75) is 324 Å². The maximum absolute atomic E-state index is 10.6. The van der Waals surface area contributed by atoms with E-state index in [1.807, 2.05) is 170 Å². The van der Waals surface area contributed by atoms with E-state index in [9.17, 15) is 9.59 Å². The van der Waals surface area contributed by atoms with Crippen molar-refractivity contribution < 1.29 is 52.0 Å². The second-order valence-electron chi connectivity index (χ2n) is 15.4. The molecule has 2 fully saturated rings. The topological polar surface area (TPSA) is 218 Å². The molecule has 10 N–H and O–H groups in total. The van der Waals surface area contributed by atoms with Gasteiger partial charge in [-0.3, -0.25) is 4.79 Å². The van der Waals surface area contributed by atoms with Gasteiger partial charge in [0.15, 0.2) is 0 Å². The first kappa shape index (κ1) is 136. The number of hydrogen-bond acceptors (Lipinski definition) is 7. The number of aldehydes is 2. The number of hydrogen-bond donors (Lipinski definition) is 2. The summed E-state index contributed by atoms with van der Waals surface area (Å²) in [6.07, 6.45) is 34.2. The molecule has 0 aromatic heterocycles. The molecule has 2 unspecified atom stereocenters. The second-order valence-corrected chi connectivity index (χ2v) is 15.4. The summed E-state index contributed by atoms with van der Waals surface area (Å²) in [5.74, 6) is 5.19. The number of Topliss-reactive ketones (excluding diaryl/α,β-unsaturated/α-hetero) is 1. The van der Waals surface area contributed by atoms with Gasteiger partial charge in [0.2, 0.25) is 0 Å². The quantitative estimate of drug-likeness (QED) is 0.112. The van der Waals surface area contributed by atoms with Crippen molar-refractivity contribution >= 4 is 71.6 Å². The molecule has 2 atom stereocenters. The smallest absolute Gasteiger partial charge is 1.00 e. The van der Waals surface area contributed by atoms with Gasteiger partial charge >= 0.3 is 53.2 Å². The van der Waals surface area contributed by atoms with Crippen molar-refractivity contribution in [3.05, 3.63) is 47.6 Å². The maximum atomic E-state index is 10.6. The minimum absolute atomic E-state index is 0. The normalized spacial score (nSPS) is 15.7. The van der Waals surface area contributed by atoms with Crippen LogP contribution in [-0.2, 0) is 25.3 Å². The molecular weight excluding hydrogens is 972 g/mol. The fourth-order valence-electron chi connectivity index (χ4n) is 4.70. The summed E-state index contributed by atoms with van der Waals surface area (Å²) in [7, 11) is -1.17. The van der Waals surface area contributed by atoms with Crippen LogP contribution in [0.3, 0.4) is 0 Å². The molecule has 0 aliphatic heterocycles. The summed E-state index contributed by atoms with van der Waals surface area (Å²) in [6, 6.07) is 0. The Morgan fingerprint density at radius 3 is 0.737 bits per heavy atom. The summed E-state index contributed by atoms with van der Waals surface area (Å²) >= 11 is 0. The van der Waals surface area contributed by atoms with E-state index in [0.717, 1.165) is 67.8 Å². The summed E-state index contributed by atoms with van der Waals surface area (Å²) in [6.45, 7) is 64.8. The van der Waals surface area contributed by atoms with E-state index in [1.165, 1.54) is 84.4 Å². The van der Waals surface area contributed by atoms with Crippen LogP contribution < -0.4 is 0 Å². The molecule has 12 heteroatoms. The summed E-state index contributed by atoms with van der Waals surface area (Å²) in [4.78, 5) is 28.6. The summed E-state index contributed by atoms with van der Waals surface area (Å²) in [5, 5.41) is 15.2. The molecule has 4 rings (SSSR count). The Morgan fingerprint density at radius 1 is 0.474 bits per heavy atom. The predicted octanol–water partition coefficient (Wildman–Crippen LogP) is 20.3. The molecule has 0 aromatic carbocycles. The Balaban J connectivity index is -0.0000000193. The number of allylic oxidation sites excluding steroid dienone is 8. The van der Waals surface area contributed by atoms with Crippen LogP contribution in [0, 0.1) is 29.6 Å². The first-order chi connectivity index (χ1) is 33.5. The molecule has 9 nitrogen and oxygen atoms in total. The third-order valence-electron chi connectivity index (χ3n) is 8.77. The van der Waals surface area contributed by atoms with E-state index >= 15 is 0 Å². The molecule has 0 spiro atoms. The zero-order chi connectivity index (χ0) is 59.2. The van der Waals surface area contributed by atoms with E-state index in [4.69, 9.17) is 14.8 Å². The Hall–Kier alpha value is -0.673. The van der Waals surface area contributed by atoms with Crippen molar-refractivity contribution in [1.82, 2.24) is 0 Å². The molecule has 472 valence electrons.